The van der Waals surface area contributed by atoms with Gasteiger partial charge in [0.1, 0.15) is 0 Å². The van der Waals surface area contributed by atoms with E-state index in [1.54, 1.807) is 24.3 Å². The molecule has 0 bridgehead atoms. The molecule has 3 N–H and O–H groups in total. The first-order chi connectivity index (χ1) is 10.1. The number of hydrogen-bond donors (Lipinski definition) is 2. The molecule has 1 aromatic heterocycles. The van der Waals surface area contributed by atoms with Gasteiger partial charge in [0.25, 0.3) is 0 Å². The van der Waals surface area contributed by atoms with E-state index in [2.05, 4.69) is 10.2 Å². The van der Waals surface area contributed by atoms with Gasteiger partial charge in [-0.25, -0.2) is 8.78 Å². The van der Waals surface area contributed by atoms with Crippen LogP contribution in [-0.2, 0) is 0 Å². The monoisotopic (exact) mass is 305 g/mol. The highest BCUT2D eigenvalue weighted by Gasteiger charge is 2.19. The van der Waals surface area contributed by atoms with Gasteiger partial charge in [-0.05, 0) is 29.8 Å². The summed E-state index contributed by atoms with van der Waals surface area (Å²) in [7, 11) is 0. The van der Waals surface area contributed by atoms with E-state index in [0.29, 0.717) is 21.8 Å². The molecule has 0 amide bonds. The lowest BCUT2D eigenvalue weighted by Crippen LogP contribution is -1.92. The molecule has 106 valence electrons. The van der Waals surface area contributed by atoms with E-state index < -0.39 is 11.6 Å². The molecule has 0 radical (unpaired) electrons. The lowest BCUT2D eigenvalue weighted by molar-refractivity contribution is 0.511. The number of rotatable bonds is 2. The zero-order chi connectivity index (χ0) is 15.0. The van der Waals surface area contributed by atoms with Gasteiger partial charge in [-0.3, -0.25) is 5.10 Å². The number of nitrogens with zero attached hydrogens (tertiary/aromatic N) is 1. The normalized spacial score (nSPS) is 10.8. The fourth-order valence-electron chi connectivity index (χ4n) is 2.18. The number of anilines is 1. The first kappa shape index (κ1) is 13.6. The minimum Gasteiger partial charge on any atom is -0.382 e. The van der Waals surface area contributed by atoms with Gasteiger partial charge in [0.05, 0.1) is 11.3 Å². The maximum Gasteiger partial charge on any atom is 0.168 e. The highest BCUT2D eigenvalue weighted by Crippen LogP contribution is 2.36. The minimum atomic E-state index is -0.954. The van der Waals surface area contributed by atoms with Crippen molar-refractivity contribution in [2.75, 3.05) is 5.73 Å². The summed E-state index contributed by atoms with van der Waals surface area (Å²) in [5.41, 5.74) is 7.38. The van der Waals surface area contributed by atoms with Crippen LogP contribution in [0.1, 0.15) is 0 Å². The number of nitrogens with two attached hydrogens (primary N) is 1. The van der Waals surface area contributed by atoms with E-state index in [1.165, 1.54) is 12.1 Å². The smallest absolute Gasteiger partial charge is 0.168 e. The zero-order valence-electron chi connectivity index (χ0n) is 10.7. The average molecular weight is 306 g/mol. The molecule has 2 aromatic carbocycles. The van der Waals surface area contributed by atoms with Crippen LogP contribution in [0.3, 0.4) is 0 Å². The molecule has 0 aliphatic heterocycles. The van der Waals surface area contributed by atoms with Crippen LogP contribution in [0.4, 0.5) is 14.6 Å². The van der Waals surface area contributed by atoms with Gasteiger partial charge in [-0.1, -0.05) is 29.8 Å². The van der Waals surface area contributed by atoms with Gasteiger partial charge in [-0.2, -0.15) is 5.10 Å². The Labute approximate surface area is 124 Å². The molecule has 0 aliphatic rings. The van der Waals surface area contributed by atoms with Crippen LogP contribution in [0.2, 0.25) is 5.02 Å². The van der Waals surface area contributed by atoms with Crippen molar-refractivity contribution in [2.45, 2.75) is 0 Å². The predicted molar refractivity (Wildman–Crippen MR) is 78.8 cm³/mol. The Morgan fingerprint density at radius 2 is 1.86 bits per heavy atom. The molecule has 0 saturated heterocycles. The minimum absolute atomic E-state index is 0.0641. The van der Waals surface area contributed by atoms with Gasteiger partial charge >= 0.3 is 0 Å². The van der Waals surface area contributed by atoms with E-state index in [9.17, 15) is 8.78 Å². The van der Waals surface area contributed by atoms with Crippen molar-refractivity contribution in [1.29, 1.82) is 0 Å². The van der Waals surface area contributed by atoms with E-state index in [-0.39, 0.29) is 11.4 Å². The summed E-state index contributed by atoms with van der Waals surface area (Å²) in [6, 6.07) is 10.8. The maximum absolute atomic E-state index is 14.0. The number of aromatic amines is 1. The third-order valence-corrected chi connectivity index (χ3v) is 3.36. The number of halogens is 3. The zero-order valence-corrected chi connectivity index (χ0v) is 11.5. The van der Waals surface area contributed by atoms with Crippen molar-refractivity contribution in [3.63, 3.8) is 0 Å². The molecule has 0 saturated carbocycles. The summed E-state index contributed by atoms with van der Waals surface area (Å²) < 4.78 is 27.4. The van der Waals surface area contributed by atoms with Gasteiger partial charge in [0.15, 0.2) is 17.5 Å². The third kappa shape index (κ3) is 2.36. The molecule has 0 unspecified atom stereocenters. The Kier molecular flexibility index (Phi) is 3.35. The lowest BCUT2D eigenvalue weighted by Gasteiger charge is -2.06. The summed E-state index contributed by atoms with van der Waals surface area (Å²) in [6.07, 6.45) is 0. The standard InChI is InChI=1S/C15H10ClF2N3/c16-9-4-1-3-8(7-9)12-14(20-21-15(12)19)10-5-2-6-11(17)13(10)18/h1-7H,(H3,19,20,21). The number of aromatic nitrogens is 2. The predicted octanol–water partition coefficient (Wildman–Crippen LogP) is 4.26. The topological polar surface area (TPSA) is 54.7 Å². The van der Waals surface area contributed by atoms with Crippen molar-refractivity contribution >= 4 is 17.4 Å². The fraction of sp³-hybridized carbons (Fsp3) is 0. The van der Waals surface area contributed by atoms with Crippen molar-refractivity contribution < 1.29 is 8.78 Å². The van der Waals surface area contributed by atoms with E-state index in [4.69, 9.17) is 17.3 Å². The number of benzene rings is 2. The molecule has 0 aliphatic carbocycles. The molecule has 6 heteroatoms. The second-order valence-electron chi connectivity index (χ2n) is 4.47. The Morgan fingerprint density at radius 3 is 2.62 bits per heavy atom. The molecule has 3 nitrogen and oxygen atoms in total. The second kappa shape index (κ2) is 5.18. The lowest BCUT2D eigenvalue weighted by atomic mass is 10.0. The molecule has 0 spiro atoms. The molecule has 0 fully saturated rings. The van der Waals surface area contributed by atoms with Crippen molar-refractivity contribution in [2.24, 2.45) is 0 Å². The van der Waals surface area contributed by atoms with Crippen LogP contribution >= 0.6 is 11.6 Å². The van der Waals surface area contributed by atoms with Gasteiger partial charge in [0.2, 0.25) is 0 Å². The molecular formula is C15H10ClF2N3. The van der Waals surface area contributed by atoms with E-state index in [1.807, 2.05) is 0 Å². The van der Waals surface area contributed by atoms with Crippen LogP contribution < -0.4 is 5.73 Å². The van der Waals surface area contributed by atoms with Crippen LogP contribution in [0.25, 0.3) is 22.4 Å². The van der Waals surface area contributed by atoms with E-state index >= 15 is 0 Å². The highest BCUT2D eigenvalue weighted by atomic mass is 35.5. The molecule has 1 heterocycles. The van der Waals surface area contributed by atoms with Gasteiger partial charge in [-0.15, -0.1) is 0 Å². The van der Waals surface area contributed by atoms with Gasteiger partial charge in [0, 0.05) is 10.6 Å². The fourth-order valence-corrected chi connectivity index (χ4v) is 2.37. The largest absolute Gasteiger partial charge is 0.382 e. The van der Waals surface area contributed by atoms with Crippen molar-refractivity contribution in [3.05, 3.63) is 59.1 Å². The Morgan fingerprint density at radius 1 is 1.10 bits per heavy atom. The average Bonchev–Trinajstić information content (AvgIpc) is 2.83. The van der Waals surface area contributed by atoms with E-state index in [0.717, 1.165) is 6.07 Å². The Balaban J connectivity index is 2.24. The van der Waals surface area contributed by atoms with Crippen LogP contribution in [0.5, 0.6) is 0 Å². The van der Waals surface area contributed by atoms with Crippen molar-refractivity contribution in [3.8, 4) is 22.4 Å². The Hall–Kier alpha value is -2.40. The van der Waals surface area contributed by atoms with Gasteiger partial charge < -0.3 is 5.73 Å². The number of nitrogens with one attached hydrogen (secondary N) is 1. The summed E-state index contributed by atoms with van der Waals surface area (Å²) >= 11 is 5.96. The number of H-pyrrole nitrogens is 1. The first-order valence-corrected chi connectivity index (χ1v) is 6.50. The summed E-state index contributed by atoms with van der Waals surface area (Å²) in [5.74, 6) is -1.70. The summed E-state index contributed by atoms with van der Waals surface area (Å²) in [6.45, 7) is 0. The third-order valence-electron chi connectivity index (χ3n) is 3.13. The Bertz CT molecular complexity index is 814. The van der Waals surface area contributed by atoms with Crippen LogP contribution in [-0.4, -0.2) is 10.2 Å². The van der Waals surface area contributed by atoms with Crippen LogP contribution in [0, 0.1) is 11.6 Å². The van der Waals surface area contributed by atoms with Crippen LogP contribution in [0.15, 0.2) is 42.5 Å². The molecule has 3 rings (SSSR count). The molecule has 21 heavy (non-hydrogen) atoms. The molecule has 3 aromatic rings. The SMILES string of the molecule is Nc1n[nH]c(-c2cccc(F)c2F)c1-c1cccc(Cl)c1. The highest BCUT2D eigenvalue weighted by molar-refractivity contribution is 6.30. The van der Waals surface area contributed by atoms with Crippen molar-refractivity contribution in [1.82, 2.24) is 10.2 Å². The number of hydrogen-bond acceptors (Lipinski definition) is 2. The quantitative estimate of drug-likeness (QED) is 0.743. The maximum atomic E-state index is 14.0. The first-order valence-electron chi connectivity index (χ1n) is 6.12. The molecule has 0 atom stereocenters. The summed E-state index contributed by atoms with van der Waals surface area (Å²) in [4.78, 5) is 0. The number of nitrogen functional groups attached to an aromatic ring is 1. The molecular weight excluding hydrogens is 296 g/mol. The second-order valence-corrected chi connectivity index (χ2v) is 4.91. The summed E-state index contributed by atoms with van der Waals surface area (Å²) in [5, 5.41) is 7.05.